The zero-order chi connectivity index (χ0) is 25.2. The van der Waals surface area contributed by atoms with Crippen LogP contribution in [-0.2, 0) is 11.3 Å². The number of imidazole rings is 1. The smallest absolute Gasteiger partial charge is 0.227 e. The number of nitrogens with zero attached hydrogens (tertiary/aromatic N) is 3. The summed E-state index contributed by atoms with van der Waals surface area (Å²) in [7, 11) is 0. The van der Waals surface area contributed by atoms with Gasteiger partial charge in [0.05, 0.1) is 17.6 Å². The number of rotatable bonds is 8. The van der Waals surface area contributed by atoms with Gasteiger partial charge in [-0.2, -0.15) is 0 Å². The van der Waals surface area contributed by atoms with Crippen molar-refractivity contribution in [1.82, 2.24) is 9.55 Å². The molecule has 0 bridgehead atoms. The van der Waals surface area contributed by atoms with Gasteiger partial charge in [0, 0.05) is 36.1 Å². The lowest BCUT2D eigenvalue weighted by molar-refractivity contribution is -0.117. The number of carbonyl (C=O) groups is 1. The highest BCUT2D eigenvalue weighted by Crippen LogP contribution is 2.33. The second-order valence-electron chi connectivity index (χ2n) is 9.42. The van der Waals surface area contributed by atoms with Crippen molar-refractivity contribution in [2.75, 3.05) is 18.1 Å². The number of halogens is 2. The van der Waals surface area contributed by atoms with Crippen molar-refractivity contribution in [1.29, 1.82) is 0 Å². The Morgan fingerprint density at radius 1 is 1.06 bits per heavy atom. The van der Waals surface area contributed by atoms with Gasteiger partial charge in [-0.25, -0.2) is 9.37 Å². The average Bonchev–Trinajstić information content (AvgIpc) is 3.42. The molecule has 0 N–H and O–H groups in total. The Morgan fingerprint density at radius 3 is 2.61 bits per heavy atom. The first-order valence-corrected chi connectivity index (χ1v) is 12.7. The van der Waals surface area contributed by atoms with Crippen LogP contribution in [0.25, 0.3) is 11.0 Å². The molecule has 1 aliphatic heterocycles. The third kappa shape index (κ3) is 4.96. The van der Waals surface area contributed by atoms with Crippen LogP contribution in [0.4, 0.5) is 10.1 Å². The zero-order valence-electron chi connectivity index (χ0n) is 20.5. The summed E-state index contributed by atoms with van der Waals surface area (Å²) in [5, 5.41) is 0.781. The number of para-hydroxylation sites is 2. The van der Waals surface area contributed by atoms with Gasteiger partial charge in [-0.05, 0) is 80.3 Å². The van der Waals surface area contributed by atoms with E-state index in [1.54, 1.807) is 17.0 Å². The van der Waals surface area contributed by atoms with Crippen LogP contribution in [0.15, 0.2) is 60.7 Å². The van der Waals surface area contributed by atoms with Crippen LogP contribution in [0.5, 0.6) is 5.75 Å². The zero-order valence-corrected chi connectivity index (χ0v) is 21.3. The maximum atomic E-state index is 13.8. The van der Waals surface area contributed by atoms with E-state index in [-0.39, 0.29) is 17.6 Å². The van der Waals surface area contributed by atoms with Crippen molar-refractivity contribution in [2.24, 2.45) is 0 Å². The number of anilines is 1. The van der Waals surface area contributed by atoms with Crippen LogP contribution in [0.2, 0.25) is 5.02 Å². The Morgan fingerprint density at radius 2 is 1.83 bits per heavy atom. The van der Waals surface area contributed by atoms with Crippen LogP contribution in [-0.4, -0.2) is 28.6 Å². The molecule has 5 nitrogen and oxygen atoms in total. The van der Waals surface area contributed by atoms with Crippen LogP contribution in [0.3, 0.4) is 0 Å². The molecular weight excluding hydrogens is 477 g/mol. The third-order valence-electron chi connectivity index (χ3n) is 6.75. The number of amides is 1. The minimum absolute atomic E-state index is 0.00819. The minimum atomic E-state index is -0.345. The quantitative estimate of drug-likeness (QED) is 0.247. The summed E-state index contributed by atoms with van der Waals surface area (Å²) in [6, 6.07) is 18.2. The van der Waals surface area contributed by atoms with E-state index >= 15 is 0 Å². The predicted molar refractivity (Wildman–Crippen MR) is 141 cm³/mol. The van der Waals surface area contributed by atoms with Gasteiger partial charge in [-0.15, -0.1) is 0 Å². The van der Waals surface area contributed by atoms with Crippen molar-refractivity contribution in [3.8, 4) is 5.75 Å². The maximum absolute atomic E-state index is 13.8. The van der Waals surface area contributed by atoms with Gasteiger partial charge in [-0.1, -0.05) is 29.8 Å². The lowest BCUT2D eigenvalue weighted by atomic mass is 10.1. The lowest BCUT2D eigenvalue weighted by Crippen LogP contribution is -2.24. The Bertz CT molecular complexity index is 1390. The van der Waals surface area contributed by atoms with Gasteiger partial charge in [0.15, 0.2) is 0 Å². The molecule has 0 radical (unpaired) electrons. The number of fused-ring (bicyclic) bond motifs is 1. The number of unbranched alkanes of at least 4 members (excludes halogenated alkanes) is 1. The number of hydrogen-bond donors (Lipinski definition) is 0. The molecule has 1 fully saturated rings. The molecule has 3 aromatic carbocycles. The summed E-state index contributed by atoms with van der Waals surface area (Å²) in [6.45, 7) is 5.85. The molecule has 1 aliphatic rings. The van der Waals surface area contributed by atoms with E-state index in [2.05, 4.69) is 10.6 Å². The summed E-state index contributed by atoms with van der Waals surface area (Å²) < 4.78 is 22.0. The largest absolute Gasteiger partial charge is 0.494 e. The fourth-order valence-electron chi connectivity index (χ4n) is 4.97. The second-order valence-corrected chi connectivity index (χ2v) is 9.80. The number of aryl methyl sites for hydroxylation is 3. The average molecular weight is 506 g/mol. The molecule has 1 unspecified atom stereocenters. The minimum Gasteiger partial charge on any atom is -0.494 e. The molecule has 2 heterocycles. The fraction of sp³-hybridized carbons (Fsp3) is 0.310. The second kappa shape index (κ2) is 10.3. The van der Waals surface area contributed by atoms with Crippen molar-refractivity contribution in [2.45, 2.75) is 45.6 Å². The van der Waals surface area contributed by atoms with E-state index in [1.807, 2.05) is 44.2 Å². The van der Waals surface area contributed by atoms with Crippen LogP contribution < -0.4 is 9.64 Å². The molecule has 0 saturated carbocycles. The van der Waals surface area contributed by atoms with E-state index < -0.39 is 0 Å². The summed E-state index contributed by atoms with van der Waals surface area (Å²) >= 11 is 6.26. The topological polar surface area (TPSA) is 47.4 Å². The number of aromatic nitrogens is 2. The summed E-state index contributed by atoms with van der Waals surface area (Å²) in [5.41, 5.74) is 4.61. The Labute approximate surface area is 215 Å². The summed E-state index contributed by atoms with van der Waals surface area (Å²) in [5.74, 6) is 1.34. The highest BCUT2D eigenvalue weighted by atomic mass is 35.5. The Hall–Kier alpha value is -3.38. The van der Waals surface area contributed by atoms with Gasteiger partial charge in [0.1, 0.15) is 17.4 Å². The summed E-state index contributed by atoms with van der Waals surface area (Å²) in [6.07, 6.45) is 2.15. The highest BCUT2D eigenvalue weighted by molar-refractivity contribution is 6.32. The monoisotopic (exact) mass is 505 g/mol. The number of hydrogen-bond acceptors (Lipinski definition) is 3. The Balaban J connectivity index is 1.28. The Kier molecular flexibility index (Phi) is 6.97. The van der Waals surface area contributed by atoms with Crippen LogP contribution >= 0.6 is 11.6 Å². The highest BCUT2D eigenvalue weighted by Gasteiger charge is 2.34. The molecular formula is C29H29ClFN3O2. The molecule has 0 aliphatic carbocycles. The normalized spacial score (nSPS) is 15.7. The first-order chi connectivity index (χ1) is 17.4. The van der Waals surface area contributed by atoms with Crippen molar-refractivity contribution >= 4 is 34.2 Å². The molecule has 0 spiro atoms. The van der Waals surface area contributed by atoms with E-state index in [9.17, 15) is 9.18 Å². The van der Waals surface area contributed by atoms with Crippen molar-refractivity contribution < 1.29 is 13.9 Å². The lowest BCUT2D eigenvalue weighted by Gasteiger charge is -2.17. The number of benzene rings is 3. The number of ether oxygens (including phenoxy) is 1. The first kappa shape index (κ1) is 24.3. The van der Waals surface area contributed by atoms with Gasteiger partial charge < -0.3 is 14.2 Å². The van der Waals surface area contributed by atoms with Gasteiger partial charge >= 0.3 is 0 Å². The van der Waals surface area contributed by atoms with Crippen LogP contribution in [0.1, 0.15) is 42.1 Å². The molecule has 7 heteroatoms. The molecule has 5 rings (SSSR count). The van der Waals surface area contributed by atoms with Crippen molar-refractivity contribution in [3.63, 3.8) is 0 Å². The van der Waals surface area contributed by atoms with E-state index in [0.717, 1.165) is 58.1 Å². The van der Waals surface area contributed by atoms with Gasteiger partial charge in [0.2, 0.25) is 5.91 Å². The number of carbonyl (C=O) groups excluding carboxylic acids is 1. The van der Waals surface area contributed by atoms with Gasteiger partial charge in [-0.3, -0.25) is 4.79 Å². The third-order valence-corrected chi connectivity index (χ3v) is 7.35. The maximum Gasteiger partial charge on any atom is 0.227 e. The van der Waals surface area contributed by atoms with E-state index in [0.29, 0.717) is 25.3 Å². The fourth-order valence-corrected chi connectivity index (χ4v) is 5.08. The molecule has 4 aromatic rings. The molecule has 186 valence electrons. The molecule has 1 atom stereocenters. The molecule has 1 saturated heterocycles. The molecule has 1 amide bonds. The van der Waals surface area contributed by atoms with Crippen molar-refractivity contribution in [3.05, 3.63) is 88.5 Å². The molecule has 36 heavy (non-hydrogen) atoms. The first-order valence-electron chi connectivity index (χ1n) is 12.3. The molecule has 1 aromatic heterocycles. The van der Waals surface area contributed by atoms with Gasteiger partial charge in [0.25, 0.3) is 0 Å². The van der Waals surface area contributed by atoms with Crippen LogP contribution in [0, 0.1) is 19.7 Å². The standard InChI is InChI=1S/C29H29ClFN3O2/c1-19-14-24(15-20(2)28(19)30)36-13-6-5-12-33-26-11-4-3-10-25(26)32-29(33)21-16-27(35)34(18-21)23-9-7-8-22(31)17-23/h3-4,7-11,14-15,17,21H,5-6,12-13,16,18H2,1-2H3. The SMILES string of the molecule is Cc1cc(OCCCCn2c(C3CC(=O)N(c4cccc(F)c4)C3)nc3ccccc32)cc(C)c1Cl. The van der Waals surface area contributed by atoms with E-state index in [1.165, 1.54) is 12.1 Å². The summed E-state index contributed by atoms with van der Waals surface area (Å²) in [4.78, 5) is 19.4. The predicted octanol–water partition coefficient (Wildman–Crippen LogP) is 6.83. The van der Waals surface area contributed by atoms with E-state index in [4.69, 9.17) is 21.3 Å².